The maximum absolute atomic E-state index is 9.00. The summed E-state index contributed by atoms with van der Waals surface area (Å²) in [6.45, 7) is 5.53. The predicted octanol–water partition coefficient (Wildman–Crippen LogP) is -0.411. The first-order valence-corrected chi connectivity index (χ1v) is 5.03. The zero-order valence-electron chi connectivity index (χ0n) is 13.7. The molecule has 12 nitrogen and oxygen atoms in total. The first-order chi connectivity index (χ1) is 8.84. The Hall–Kier alpha value is -1.76. The van der Waals surface area contributed by atoms with Gasteiger partial charge in [0.2, 0.25) is 0 Å². The molecule has 0 rings (SSSR count). The van der Waals surface area contributed by atoms with Gasteiger partial charge in [-0.2, -0.15) is 0 Å². The minimum atomic E-state index is -0.833. The Morgan fingerprint density at radius 2 is 0.652 bits per heavy atom. The van der Waals surface area contributed by atoms with Crippen LogP contribution in [-0.4, -0.2) is 57.4 Å². The van der Waals surface area contributed by atoms with E-state index >= 15 is 0 Å². The smallest absolute Gasteiger partial charge is 0.300 e. The number of carboxylic acid groups (broad SMARTS) is 4. The summed E-state index contributed by atoms with van der Waals surface area (Å²) in [5.74, 6) is -3.33. The summed E-state index contributed by atoms with van der Waals surface area (Å²) in [7, 11) is 0. The van der Waals surface area contributed by atoms with E-state index in [9.17, 15) is 0 Å². The Morgan fingerprint density at radius 3 is 0.652 bits per heavy atom. The van der Waals surface area contributed by atoms with Crippen molar-refractivity contribution < 1.29 is 56.7 Å². The van der Waals surface area contributed by atoms with Crippen molar-refractivity contribution in [1.29, 1.82) is 0 Å². The molecule has 0 unspecified atom stereocenters. The zero-order chi connectivity index (χ0) is 17.7. The van der Waals surface area contributed by atoms with Crippen LogP contribution in [0.1, 0.15) is 27.7 Å². The largest absolute Gasteiger partial charge is 0.481 e. The summed E-state index contributed by atoms with van der Waals surface area (Å²) < 4.78 is 0. The molecule has 0 heterocycles. The van der Waals surface area contributed by atoms with Crippen LogP contribution < -0.4 is 23.8 Å². The molecule has 149 valence electrons. The van der Waals surface area contributed by atoms with Gasteiger partial charge in [-0.1, -0.05) is 0 Å². The third kappa shape index (κ3) is 11600. The van der Waals surface area contributed by atoms with Gasteiger partial charge in [0.15, 0.2) is 0 Å². The fourth-order valence-corrected chi connectivity index (χ4v) is 0. The molecule has 0 aromatic rings. The second kappa shape index (κ2) is 50.0. The van der Waals surface area contributed by atoms with Gasteiger partial charge in [0.25, 0.3) is 23.9 Å². The van der Waals surface area contributed by atoms with Gasteiger partial charge in [0, 0.05) is 57.9 Å². The zero-order valence-corrected chi connectivity index (χ0v) is 14.6. The second-order valence-corrected chi connectivity index (χ2v) is 2.65. The molecule has 0 aliphatic rings. The van der Waals surface area contributed by atoms with Crippen LogP contribution in [-0.2, 0) is 36.2 Å². The molecule has 0 saturated carbocycles. The molecule has 0 fully saturated rings. The third-order valence-corrected chi connectivity index (χ3v) is 0.167. The van der Waals surface area contributed by atoms with E-state index in [1.165, 1.54) is 0 Å². The van der Waals surface area contributed by atoms with Crippen molar-refractivity contribution in [1.82, 2.24) is 12.3 Å². The summed E-state index contributed by atoms with van der Waals surface area (Å²) in [4.78, 5) is 36.0. The van der Waals surface area contributed by atoms with E-state index in [0.717, 1.165) is 27.7 Å². The molecule has 0 saturated heterocycles. The first-order valence-electron chi connectivity index (χ1n) is 5.03. The van der Waals surface area contributed by atoms with E-state index in [0.29, 0.717) is 13.1 Å². The Bertz CT molecular complexity index is 201. The van der Waals surface area contributed by atoms with Crippen molar-refractivity contribution in [2.75, 3.05) is 13.1 Å². The van der Waals surface area contributed by atoms with Gasteiger partial charge in [0.05, 0.1) is 0 Å². The van der Waals surface area contributed by atoms with Gasteiger partial charge < -0.3 is 44.2 Å². The quantitative estimate of drug-likeness (QED) is 0.262. The van der Waals surface area contributed by atoms with Crippen LogP contribution in [0.5, 0.6) is 0 Å². The van der Waals surface area contributed by atoms with E-state index in [1.54, 1.807) is 0 Å². The Morgan fingerprint density at radius 1 is 0.609 bits per heavy atom. The van der Waals surface area contributed by atoms with Crippen molar-refractivity contribution in [2.45, 2.75) is 27.7 Å². The van der Waals surface area contributed by atoms with Crippen molar-refractivity contribution >= 4 is 23.9 Å². The molecule has 0 bridgehead atoms. The molecule has 13 heteroatoms. The Kier molecular flexibility index (Phi) is 108. The van der Waals surface area contributed by atoms with Crippen molar-refractivity contribution in [3.05, 3.63) is 0 Å². The van der Waals surface area contributed by atoms with Gasteiger partial charge in [0.1, 0.15) is 0 Å². The monoisotopic (exact) mass is 397 g/mol. The number of hydrogen-bond acceptors (Lipinski definition) is 8. The normalized spacial score (nSPS) is 5.65. The van der Waals surface area contributed by atoms with Crippen LogP contribution in [0.25, 0.3) is 0 Å². The van der Waals surface area contributed by atoms with Gasteiger partial charge in [-0.25, -0.2) is 0 Å². The molecule has 1 radical (unpaired) electrons. The predicted molar refractivity (Wildman–Crippen MR) is 81.4 cm³/mol. The molecule has 0 aromatic carbocycles. The number of rotatable bonds is 1. The number of nitrogens with two attached hydrogens (primary N) is 2. The van der Waals surface area contributed by atoms with E-state index in [1.807, 2.05) is 0 Å². The van der Waals surface area contributed by atoms with Crippen LogP contribution in [0, 0.1) is 0 Å². The van der Waals surface area contributed by atoms with Crippen LogP contribution >= 0.6 is 0 Å². The molecular weight excluding hydrogens is 368 g/mol. The van der Waals surface area contributed by atoms with E-state index in [2.05, 4.69) is 0 Å². The molecule has 0 aromatic heterocycles. The van der Waals surface area contributed by atoms with Crippen LogP contribution in [0.15, 0.2) is 0 Å². The van der Waals surface area contributed by atoms with Gasteiger partial charge in [-0.3, -0.25) is 19.2 Å². The maximum atomic E-state index is 9.00. The minimum absolute atomic E-state index is 0. The molecule has 14 N–H and O–H groups in total. The Balaban J connectivity index is -0.0000000197. The molecule has 0 spiro atoms. The topological polar surface area (TPSA) is 271 Å². The summed E-state index contributed by atoms with van der Waals surface area (Å²) in [6, 6.07) is 0. The number of carboxylic acids is 4. The molecule has 0 aliphatic carbocycles. The number of hydrogen-bond donors (Lipinski definition) is 8. The summed E-state index contributed by atoms with van der Waals surface area (Å²) in [5.41, 5.74) is 9.81. The molecule has 23 heavy (non-hydrogen) atoms. The van der Waals surface area contributed by atoms with Crippen LogP contribution in [0.4, 0.5) is 0 Å². The maximum Gasteiger partial charge on any atom is 0.300 e. The fourth-order valence-electron chi connectivity index (χ4n) is 0. The number of carbonyl (C=O) groups is 4. The minimum Gasteiger partial charge on any atom is -0.481 e. The van der Waals surface area contributed by atoms with Crippen LogP contribution in [0.3, 0.4) is 0 Å². The van der Waals surface area contributed by atoms with Gasteiger partial charge >= 0.3 is 0 Å². The fraction of sp³-hybridized carbons (Fsp3) is 0.600. The van der Waals surface area contributed by atoms with Crippen molar-refractivity contribution in [3.63, 3.8) is 0 Å². The van der Waals surface area contributed by atoms with E-state index in [4.69, 9.17) is 51.1 Å². The summed E-state index contributed by atoms with van der Waals surface area (Å²) >= 11 is 0. The van der Waals surface area contributed by atoms with Crippen molar-refractivity contribution in [3.8, 4) is 0 Å². The van der Waals surface area contributed by atoms with E-state index < -0.39 is 23.9 Å². The SMILES string of the molecule is CC(=O)O.CC(=O)O.CC(=O)O.CC(=O)O.N.N.NCCN.[Cu]. The molecule has 0 aliphatic heterocycles. The first kappa shape index (κ1) is 49.6. The van der Waals surface area contributed by atoms with Crippen molar-refractivity contribution in [2.24, 2.45) is 11.5 Å². The summed E-state index contributed by atoms with van der Waals surface area (Å²) in [5, 5.41) is 29.7. The van der Waals surface area contributed by atoms with Crippen LogP contribution in [0.2, 0.25) is 0 Å². The standard InChI is InChI=1S/C2H8N2.4C2H4O2.Cu.2H3N/c3-1-2-4;4*1-2(3)4;;;/h1-4H2;4*1H3,(H,3,4);;2*1H3. The average molecular weight is 398 g/mol. The van der Waals surface area contributed by atoms with Gasteiger partial charge in [-0.15, -0.1) is 0 Å². The van der Waals surface area contributed by atoms with E-state index in [-0.39, 0.29) is 29.4 Å². The molecular formula is C10H30CuN4O8. The van der Waals surface area contributed by atoms with Gasteiger partial charge in [-0.05, 0) is 0 Å². The Labute approximate surface area is 145 Å². The number of aliphatic carboxylic acids is 4. The third-order valence-electron chi connectivity index (χ3n) is 0.167. The average Bonchev–Trinajstić information content (AvgIpc) is 2.13. The molecule has 0 amide bonds. The second-order valence-electron chi connectivity index (χ2n) is 2.65. The summed E-state index contributed by atoms with van der Waals surface area (Å²) in [6.07, 6.45) is 0. The molecule has 0 atom stereocenters.